The Labute approximate surface area is 131 Å². The van der Waals surface area contributed by atoms with Crippen molar-refractivity contribution in [2.45, 2.75) is 0 Å². The number of methoxy groups -OCH3 is 1. The van der Waals surface area contributed by atoms with Crippen molar-refractivity contribution in [2.75, 3.05) is 7.11 Å². The molecule has 4 aromatic rings. The van der Waals surface area contributed by atoms with Crippen LogP contribution in [0.2, 0.25) is 5.15 Å². The number of aromatic nitrogens is 3. The lowest BCUT2D eigenvalue weighted by Crippen LogP contribution is -1.87. The van der Waals surface area contributed by atoms with Gasteiger partial charge in [0.15, 0.2) is 0 Å². The van der Waals surface area contributed by atoms with Crippen LogP contribution in [0, 0.1) is 0 Å². The van der Waals surface area contributed by atoms with Crippen LogP contribution in [-0.4, -0.2) is 22.1 Å². The van der Waals surface area contributed by atoms with Gasteiger partial charge in [0.05, 0.1) is 29.2 Å². The predicted molar refractivity (Wildman–Crippen MR) is 88.4 cm³/mol. The van der Waals surface area contributed by atoms with Gasteiger partial charge in [-0.05, 0) is 24.3 Å². The second kappa shape index (κ2) is 5.00. The van der Waals surface area contributed by atoms with E-state index in [2.05, 4.69) is 15.0 Å². The maximum atomic E-state index is 6.33. The summed E-state index contributed by atoms with van der Waals surface area (Å²) in [5, 5.41) is 1.46. The van der Waals surface area contributed by atoms with Crippen molar-refractivity contribution in [3.8, 4) is 17.1 Å². The third-order valence-corrected chi connectivity index (χ3v) is 3.91. The van der Waals surface area contributed by atoms with Crippen LogP contribution in [0.15, 0.2) is 48.5 Å². The number of H-pyrrole nitrogens is 1. The summed E-state index contributed by atoms with van der Waals surface area (Å²) in [6.07, 6.45) is 0. The highest BCUT2D eigenvalue weighted by molar-refractivity contribution is 6.32. The molecule has 22 heavy (non-hydrogen) atoms. The number of halogens is 1. The SMILES string of the molecule is COc1ccc2nc(-c3cc4ccccc4nc3Cl)[nH]c2c1. The first-order valence-corrected chi connectivity index (χ1v) is 7.22. The Morgan fingerprint density at radius 2 is 1.86 bits per heavy atom. The number of fused-ring (bicyclic) bond motifs is 2. The van der Waals surface area contributed by atoms with E-state index in [1.807, 2.05) is 48.5 Å². The van der Waals surface area contributed by atoms with Gasteiger partial charge in [0.1, 0.15) is 16.7 Å². The number of benzene rings is 2. The second-order valence-electron chi connectivity index (χ2n) is 4.99. The third-order valence-electron chi connectivity index (χ3n) is 3.62. The minimum Gasteiger partial charge on any atom is -0.497 e. The summed E-state index contributed by atoms with van der Waals surface area (Å²) in [6.45, 7) is 0. The average molecular weight is 310 g/mol. The molecule has 0 atom stereocenters. The molecular weight excluding hydrogens is 298 g/mol. The summed E-state index contributed by atoms with van der Waals surface area (Å²) in [4.78, 5) is 12.3. The molecule has 0 spiro atoms. The zero-order valence-corrected chi connectivity index (χ0v) is 12.6. The van der Waals surface area contributed by atoms with Crippen LogP contribution in [0.5, 0.6) is 5.75 Å². The van der Waals surface area contributed by atoms with Crippen LogP contribution in [0.1, 0.15) is 0 Å². The Balaban J connectivity index is 1.92. The maximum absolute atomic E-state index is 6.33. The minimum atomic E-state index is 0.435. The number of ether oxygens (including phenoxy) is 1. The van der Waals surface area contributed by atoms with Gasteiger partial charge in [0, 0.05) is 11.5 Å². The fraction of sp³-hybridized carbons (Fsp3) is 0.0588. The van der Waals surface area contributed by atoms with Crippen molar-refractivity contribution in [1.82, 2.24) is 15.0 Å². The molecule has 0 amide bonds. The molecule has 0 saturated heterocycles. The summed E-state index contributed by atoms with van der Waals surface area (Å²) in [5.41, 5.74) is 3.42. The smallest absolute Gasteiger partial charge is 0.141 e. The first-order valence-electron chi connectivity index (χ1n) is 6.84. The lowest BCUT2D eigenvalue weighted by atomic mass is 10.1. The molecule has 5 heteroatoms. The molecule has 0 aliphatic carbocycles. The fourth-order valence-electron chi connectivity index (χ4n) is 2.50. The molecule has 0 aliphatic heterocycles. The van der Waals surface area contributed by atoms with Gasteiger partial charge >= 0.3 is 0 Å². The first kappa shape index (κ1) is 13.1. The van der Waals surface area contributed by atoms with Crippen LogP contribution >= 0.6 is 11.6 Å². The van der Waals surface area contributed by atoms with E-state index >= 15 is 0 Å². The molecule has 4 nitrogen and oxygen atoms in total. The van der Waals surface area contributed by atoms with Crippen molar-refractivity contribution >= 4 is 33.5 Å². The van der Waals surface area contributed by atoms with Crippen LogP contribution in [-0.2, 0) is 0 Å². The van der Waals surface area contributed by atoms with Crippen molar-refractivity contribution in [3.05, 3.63) is 53.7 Å². The molecule has 2 aromatic heterocycles. The maximum Gasteiger partial charge on any atom is 0.141 e. The van der Waals surface area contributed by atoms with E-state index in [0.717, 1.165) is 33.2 Å². The fourth-order valence-corrected chi connectivity index (χ4v) is 2.74. The zero-order valence-electron chi connectivity index (χ0n) is 11.8. The number of nitrogens with one attached hydrogen (secondary N) is 1. The molecule has 0 unspecified atom stereocenters. The van der Waals surface area contributed by atoms with Crippen molar-refractivity contribution in [2.24, 2.45) is 0 Å². The Kier molecular flexibility index (Phi) is 2.98. The van der Waals surface area contributed by atoms with Crippen LogP contribution in [0.3, 0.4) is 0 Å². The van der Waals surface area contributed by atoms with Gasteiger partial charge in [-0.3, -0.25) is 0 Å². The van der Waals surface area contributed by atoms with E-state index in [1.165, 1.54) is 0 Å². The van der Waals surface area contributed by atoms with Gasteiger partial charge in [0.2, 0.25) is 0 Å². The molecule has 2 aromatic carbocycles. The molecule has 2 heterocycles. The van der Waals surface area contributed by atoms with Gasteiger partial charge in [-0.2, -0.15) is 0 Å². The Morgan fingerprint density at radius 1 is 1.00 bits per heavy atom. The second-order valence-corrected chi connectivity index (χ2v) is 5.35. The Bertz CT molecular complexity index is 994. The number of pyridine rings is 1. The largest absolute Gasteiger partial charge is 0.497 e. The number of hydrogen-bond donors (Lipinski definition) is 1. The summed E-state index contributed by atoms with van der Waals surface area (Å²) in [7, 11) is 1.64. The van der Waals surface area contributed by atoms with E-state index in [1.54, 1.807) is 7.11 Å². The molecule has 1 N–H and O–H groups in total. The third kappa shape index (κ3) is 2.09. The van der Waals surface area contributed by atoms with Crippen molar-refractivity contribution < 1.29 is 4.74 Å². The van der Waals surface area contributed by atoms with Gasteiger partial charge in [-0.15, -0.1) is 0 Å². The lowest BCUT2D eigenvalue weighted by Gasteiger charge is -2.03. The minimum absolute atomic E-state index is 0.435. The van der Waals surface area contributed by atoms with Gasteiger partial charge in [-0.1, -0.05) is 29.8 Å². The number of nitrogens with zero attached hydrogens (tertiary/aromatic N) is 2. The van der Waals surface area contributed by atoms with Crippen molar-refractivity contribution in [3.63, 3.8) is 0 Å². The molecule has 0 aliphatic rings. The summed E-state index contributed by atoms with van der Waals surface area (Å²) >= 11 is 6.33. The molecule has 4 rings (SSSR count). The molecule has 0 fully saturated rings. The number of hydrogen-bond acceptors (Lipinski definition) is 3. The van der Waals surface area contributed by atoms with E-state index < -0.39 is 0 Å². The molecular formula is C17H12ClN3O. The van der Waals surface area contributed by atoms with E-state index in [-0.39, 0.29) is 0 Å². The molecule has 0 saturated carbocycles. The van der Waals surface area contributed by atoms with Gasteiger partial charge in [-0.25, -0.2) is 9.97 Å². The van der Waals surface area contributed by atoms with E-state index in [0.29, 0.717) is 11.0 Å². The summed E-state index contributed by atoms with van der Waals surface area (Å²) in [6, 6.07) is 15.6. The number of rotatable bonds is 2. The standard InChI is InChI=1S/C17H12ClN3O/c1-22-11-6-7-14-15(9-11)21-17(20-14)12-8-10-4-2-3-5-13(10)19-16(12)18/h2-9H,1H3,(H,20,21). The zero-order chi connectivity index (χ0) is 15.1. The highest BCUT2D eigenvalue weighted by Gasteiger charge is 2.12. The summed E-state index contributed by atoms with van der Waals surface area (Å²) in [5.74, 6) is 1.48. The number of imidazole rings is 1. The van der Waals surface area contributed by atoms with Gasteiger partial charge in [0.25, 0.3) is 0 Å². The van der Waals surface area contributed by atoms with Crippen LogP contribution in [0.4, 0.5) is 0 Å². The highest BCUT2D eigenvalue weighted by atomic mass is 35.5. The lowest BCUT2D eigenvalue weighted by molar-refractivity contribution is 0.415. The first-order chi connectivity index (χ1) is 10.7. The Morgan fingerprint density at radius 3 is 2.73 bits per heavy atom. The predicted octanol–water partition coefficient (Wildman–Crippen LogP) is 4.44. The highest BCUT2D eigenvalue weighted by Crippen LogP contribution is 2.30. The molecule has 108 valence electrons. The topological polar surface area (TPSA) is 50.8 Å². The average Bonchev–Trinajstić information content (AvgIpc) is 2.96. The van der Waals surface area contributed by atoms with E-state index in [9.17, 15) is 0 Å². The number of para-hydroxylation sites is 1. The summed E-state index contributed by atoms with van der Waals surface area (Å²) < 4.78 is 5.23. The number of aromatic amines is 1. The monoisotopic (exact) mass is 309 g/mol. The quantitative estimate of drug-likeness (QED) is 0.557. The molecule has 0 radical (unpaired) electrons. The van der Waals surface area contributed by atoms with Crippen LogP contribution in [0.25, 0.3) is 33.3 Å². The van der Waals surface area contributed by atoms with Gasteiger partial charge < -0.3 is 9.72 Å². The van der Waals surface area contributed by atoms with E-state index in [4.69, 9.17) is 16.3 Å². The Hall–Kier alpha value is -2.59. The molecule has 0 bridgehead atoms. The normalized spacial score (nSPS) is 11.2. The van der Waals surface area contributed by atoms with Crippen LogP contribution < -0.4 is 4.74 Å². The van der Waals surface area contributed by atoms with Crippen molar-refractivity contribution in [1.29, 1.82) is 0 Å².